The van der Waals surface area contributed by atoms with Gasteiger partial charge in [0, 0.05) is 43.5 Å². The van der Waals surface area contributed by atoms with Gasteiger partial charge in [-0.1, -0.05) is 11.6 Å². The molecule has 0 spiro atoms. The zero-order valence-corrected chi connectivity index (χ0v) is 21.9. The Morgan fingerprint density at radius 3 is 2.76 bits per heavy atom. The van der Waals surface area contributed by atoms with Gasteiger partial charge in [0.1, 0.15) is 11.7 Å². The molecular weight excluding hydrogens is 557 g/mol. The van der Waals surface area contributed by atoms with E-state index < -0.39 is 70.1 Å². The fourth-order valence-corrected chi connectivity index (χ4v) is 6.03. The van der Waals surface area contributed by atoms with Crippen molar-refractivity contribution in [2.45, 2.75) is 43.7 Å². The zero-order valence-electron chi connectivity index (χ0n) is 19.5. The quantitative estimate of drug-likeness (QED) is 0.464. The Labute approximate surface area is 219 Å². The number of likely N-dealkylation sites (tertiary alicyclic amines) is 1. The maximum Gasteiger partial charge on any atom is 0.271 e. The van der Waals surface area contributed by atoms with E-state index >= 15 is 0 Å². The Kier molecular flexibility index (Phi) is 7.64. The molecule has 0 saturated carbocycles. The number of halogens is 4. The van der Waals surface area contributed by atoms with Gasteiger partial charge in [-0.3, -0.25) is 14.4 Å². The van der Waals surface area contributed by atoms with Gasteiger partial charge >= 0.3 is 0 Å². The molecule has 37 heavy (non-hydrogen) atoms. The van der Waals surface area contributed by atoms with Crippen LogP contribution in [-0.2, 0) is 19.4 Å². The molecule has 2 saturated heterocycles. The van der Waals surface area contributed by atoms with Crippen molar-refractivity contribution in [2.24, 2.45) is 5.92 Å². The van der Waals surface area contributed by atoms with Crippen molar-refractivity contribution < 1.29 is 36.0 Å². The van der Waals surface area contributed by atoms with Crippen LogP contribution in [0.4, 0.5) is 13.2 Å². The van der Waals surface area contributed by atoms with Crippen LogP contribution >= 0.6 is 22.9 Å². The van der Waals surface area contributed by atoms with Crippen LogP contribution in [0.3, 0.4) is 0 Å². The molecule has 202 valence electrons. The van der Waals surface area contributed by atoms with E-state index in [2.05, 4.69) is 15.6 Å². The van der Waals surface area contributed by atoms with Crippen LogP contribution < -0.4 is 10.6 Å². The predicted octanol–water partition coefficient (Wildman–Crippen LogP) is 2.99. The van der Waals surface area contributed by atoms with Gasteiger partial charge in [-0.05, 0) is 25.0 Å². The summed E-state index contributed by atoms with van der Waals surface area (Å²) < 4.78 is 66.9. The van der Waals surface area contributed by atoms with Gasteiger partial charge in [0.15, 0.2) is 0 Å². The van der Waals surface area contributed by atoms with E-state index in [1.807, 2.05) is 0 Å². The van der Waals surface area contributed by atoms with E-state index in [1.165, 1.54) is 17.4 Å². The third-order valence-corrected chi connectivity index (χ3v) is 8.61. The number of thiophene rings is 1. The summed E-state index contributed by atoms with van der Waals surface area (Å²) >= 11 is 7.37. The number of sulfone groups is 1. The molecule has 9 nitrogen and oxygen atoms in total. The highest BCUT2D eigenvalue weighted by Crippen LogP contribution is 2.35. The van der Waals surface area contributed by atoms with E-state index in [-0.39, 0.29) is 18.0 Å². The molecule has 0 radical (unpaired) electrons. The smallest absolute Gasteiger partial charge is 0.271 e. The fourth-order valence-electron chi connectivity index (χ4n) is 4.47. The summed E-state index contributed by atoms with van der Waals surface area (Å²) in [5.74, 6) is -5.94. The number of hydrogen-bond donors (Lipinski definition) is 3. The number of carbonyl (C=O) groups excluding carboxylic acids is 3. The largest absolute Gasteiger partial charge is 0.356 e. The van der Waals surface area contributed by atoms with Crippen molar-refractivity contribution in [3.8, 4) is 0 Å². The second-order valence-corrected chi connectivity index (χ2v) is 12.5. The highest BCUT2D eigenvalue weighted by atomic mass is 35.5. The van der Waals surface area contributed by atoms with Crippen LogP contribution in [0.25, 0.3) is 10.2 Å². The van der Waals surface area contributed by atoms with E-state index in [0.717, 1.165) is 4.90 Å². The van der Waals surface area contributed by atoms with E-state index in [4.69, 9.17) is 11.6 Å². The molecule has 2 aliphatic rings. The first-order valence-electron chi connectivity index (χ1n) is 11.3. The summed E-state index contributed by atoms with van der Waals surface area (Å²) in [6.07, 6.45) is -0.133. The number of nitrogens with one attached hydrogen (secondary N) is 3. The van der Waals surface area contributed by atoms with Crippen molar-refractivity contribution >= 4 is 60.7 Å². The predicted molar refractivity (Wildman–Crippen MR) is 132 cm³/mol. The summed E-state index contributed by atoms with van der Waals surface area (Å²) in [6, 6.07) is -1.40. The average Bonchev–Trinajstić information content (AvgIpc) is 3.50. The van der Waals surface area contributed by atoms with Crippen LogP contribution in [0, 0.1) is 5.92 Å². The van der Waals surface area contributed by atoms with Crippen molar-refractivity contribution in [3.63, 3.8) is 0 Å². The molecule has 3 atom stereocenters. The first-order valence-corrected chi connectivity index (χ1v) is 14.5. The van der Waals surface area contributed by atoms with Crippen LogP contribution in [-0.4, -0.2) is 73.4 Å². The lowest BCUT2D eigenvalue weighted by molar-refractivity contribution is -0.135. The molecule has 2 aliphatic heterocycles. The number of rotatable bonds is 7. The molecule has 0 aliphatic carbocycles. The Bertz CT molecular complexity index is 1370. The molecule has 4 rings (SSSR count). The topological polar surface area (TPSA) is 128 Å². The average molecular weight is 581 g/mol. The van der Waals surface area contributed by atoms with Crippen molar-refractivity contribution in [1.82, 2.24) is 20.5 Å². The lowest BCUT2D eigenvalue weighted by Crippen LogP contribution is -2.57. The van der Waals surface area contributed by atoms with Crippen LogP contribution in [0.15, 0.2) is 22.7 Å². The molecule has 2 aromatic rings. The summed E-state index contributed by atoms with van der Waals surface area (Å²) in [5.41, 5.74) is 0.573. The summed E-state index contributed by atoms with van der Waals surface area (Å²) in [7, 11) is -4.25. The summed E-state index contributed by atoms with van der Waals surface area (Å²) in [5, 5.41) is 5.51. The number of nitrogens with zero attached hydrogens (tertiary/aromatic N) is 1. The highest BCUT2D eigenvalue weighted by Gasteiger charge is 2.46. The third kappa shape index (κ3) is 6.12. The molecule has 4 heterocycles. The van der Waals surface area contributed by atoms with Crippen molar-refractivity contribution in [2.75, 3.05) is 19.3 Å². The third-order valence-electron chi connectivity index (χ3n) is 6.41. The van der Waals surface area contributed by atoms with Crippen LogP contribution in [0.1, 0.15) is 36.2 Å². The molecule has 0 aromatic carbocycles. The van der Waals surface area contributed by atoms with Crippen molar-refractivity contribution in [1.29, 1.82) is 0 Å². The minimum absolute atomic E-state index is 0.0639. The number of carbonyl (C=O) groups is 3. The molecular formula is C22H24ClF3N4O5S2. The Hall–Kier alpha value is -2.58. The SMILES string of the molecule is CS(=O)(=O)/C(F)=C/[C@H](C[C@@H]1CCNC1=O)NC(=O)[C@@H]1CC(F)(F)CCN1C(=O)c1cc2scc(Cl)c2[nH]1. The Balaban J connectivity index is 1.60. The minimum Gasteiger partial charge on any atom is -0.356 e. The van der Waals surface area contributed by atoms with Gasteiger partial charge in [0.05, 0.1) is 21.3 Å². The second-order valence-electron chi connectivity index (χ2n) is 9.20. The minimum atomic E-state index is -4.25. The first-order chi connectivity index (χ1) is 17.2. The van der Waals surface area contributed by atoms with Crippen molar-refractivity contribution in [3.05, 3.63) is 33.4 Å². The number of aromatic amines is 1. The zero-order chi connectivity index (χ0) is 27.1. The molecule has 3 N–H and O–H groups in total. The number of fused-ring (bicyclic) bond motifs is 1. The number of H-pyrrole nitrogens is 1. The number of hydrogen-bond acceptors (Lipinski definition) is 6. The van der Waals surface area contributed by atoms with Gasteiger partial charge < -0.3 is 20.5 Å². The van der Waals surface area contributed by atoms with Gasteiger partial charge in [0.25, 0.3) is 11.8 Å². The lowest BCUT2D eigenvalue weighted by Gasteiger charge is -2.38. The van der Waals surface area contributed by atoms with Crippen LogP contribution in [0.5, 0.6) is 0 Å². The molecule has 2 fully saturated rings. The summed E-state index contributed by atoms with van der Waals surface area (Å²) in [4.78, 5) is 42.4. The molecule has 0 unspecified atom stereocenters. The van der Waals surface area contributed by atoms with E-state index in [1.54, 1.807) is 5.38 Å². The standard InChI is InChI=1S/C22H24ClF3N4O5S2/c1-37(34,35)17(24)7-12(6-11-2-4-27-19(11)31)28-20(32)15-9-22(25,26)3-5-30(15)21(33)14-8-16-18(29-14)13(23)10-36-16/h7-8,10-12,15,29H,2-6,9H2,1H3,(H,27,31)(H,28,32)/b17-7+/t11-,12-,15-/m0/s1. The maximum absolute atomic E-state index is 14.4. The van der Waals surface area contributed by atoms with Gasteiger partial charge in [-0.15, -0.1) is 11.3 Å². The maximum atomic E-state index is 14.4. The number of piperidine rings is 1. The molecule has 2 aromatic heterocycles. The monoisotopic (exact) mass is 580 g/mol. The Morgan fingerprint density at radius 1 is 1.41 bits per heavy atom. The van der Waals surface area contributed by atoms with Gasteiger partial charge in [-0.25, -0.2) is 17.2 Å². The number of aromatic nitrogens is 1. The van der Waals surface area contributed by atoms with E-state index in [0.29, 0.717) is 40.5 Å². The lowest BCUT2D eigenvalue weighted by atomic mass is 9.95. The number of amides is 3. The van der Waals surface area contributed by atoms with Gasteiger partial charge in [-0.2, -0.15) is 4.39 Å². The highest BCUT2D eigenvalue weighted by molar-refractivity contribution is 7.94. The van der Waals surface area contributed by atoms with Crippen LogP contribution in [0.2, 0.25) is 5.02 Å². The molecule has 15 heteroatoms. The number of alkyl halides is 2. The first kappa shape index (κ1) is 27.5. The Morgan fingerprint density at radius 2 is 2.14 bits per heavy atom. The van der Waals surface area contributed by atoms with Gasteiger partial charge in [0.2, 0.25) is 26.8 Å². The normalized spacial score (nSPS) is 23.2. The second kappa shape index (κ2) is 10.3. The van der Waals surface area contributed by atoms with E-state index in [9.17, 15) is 36.0 Å². The fraction of sp³-hybridized carbons (Fsp3) is 0.500. The summed E-state index contributed by atoms with van der Waals surface area (Å²) in [6.45, 7) is -0.0647. The molecule has 0 bridgehead atoms. The molecule has 3 amide bonds.